The first kappa shape index (κ1) is 46.1. The molecule has 0 unspecified atom stereocenters. The molecule has 9 aromatic carbocycles. The lowest BCUT2D eigenvalue weighted by Gasteiger charge is -2.09. The van der Waals surface area contributed by atoms with E-state index in [2.05, 4.69) is 188 Å². The molecule has 0 amide bonds. The fourth-order valence-corrected chi connectivity index (χ4v) is 8.61. The topological polar surface area (TPSA) is 72.9 Å². The molecule has 0 radical (unpaired) electrons. The molecule has 3 aromatic heterocycles. The molecule has 0 fully saturated rings. The average Bonchev–Trinajstić information content (AvgIpc) is 4.03. The van der Waals surface area contributed by atoms with Crippen molar-refractivity contribution in [1.29, 1.82) is 5.41 Å². The Morgan fingerprint density at radius 2 is 0.912 bits per heavy atom. The Hall–Kier alpha value is -8.41. The second-order valence-electron chi connectivity index (χ2n) is 17.0. The molecule has 5 heteroatoms. The van der Waals surface area contributed by atoms with E-state index in [1.165, 1.54) is 77.8 Å². The van der Waals surface area contributed by atoms with Crippen molar-refractivity contribution in [1.82, 2.24) is 9.13 Å². The monoisotopic (exact) mass is 886 g/mol. The molecule has 12 aromatic rings. The summed E-state index contributed by atoms with van der Waals surface area (Å²) in [7, 11) is 0. The van der Waals surface area contributed by atoms with Crippen molar-refractivity contribution in [3.8, 4) is 22.5 Å². The van der Waals surface area contributed by atoms with E-state index in [1.54, 1.807) is 13.8 Å². The molecule has 0 aliphatic heterocycles. The van der Waals surface area contributed by atoms with E-state index < -0.39 is 0 Å². The smallest absolute Gasteiger partial charge is 0.135 e. The van der Waals surface area contributed by atoms with Gasteiger partial charge in [-0.3, -0.25) is 0 Å². The third-order valence-electron chi connectivity index (χ3n) is 11.4. The van der Waals surface area contributed by atoms with Crippen LogP contribution in [-0.2, 0) is 0 Å². The minimum absolute atomic E-state index is 0.621. The van der Waals surface area contributed by atoms with Gasteiger partial charge in [-0.2, -0.15) is 0 Å². The number of nitrogens with one attached hydrogen (secondary N) is 1. The molecule has 0 saturated carbocycles. The van der Waals surface area contributed by atoms with Crippen molar-refractivity contribution >= 4 is 77.0 Å². The predicted octanol–water partition coefficient (Wildman–Crippen LogP) is 17.5. The molecule has 0 bridgehead atoms. The molecule has 0 aliphatic rings. The van der Waals surface area contributed by atoms with Crippen molar-refractivity contribution in [3.63, 3.8) is 0 Å². The van der Waals surface area contributed by atoms with Crippen LogP contribution in [0, 0.1) is 12.3 Å². The highest BCUT2D eigenvalue weighted by Gasteiger charge is 2.17. The summed E-state index contributed by atoms with van der Waals surface area (Å²) in [5.74, 6) is 0. The van der Waals surface area contributed by atoms with Gasteiger partial charge in [-0.25, -0.2) is 0 Å². The normalized spacial score (nSPS) is 10.7. The van der Waals surface area contributed by atoms with Crippen LogP contribution in [-0.4, -0.2) is 14.8 Å². The van der Waals surface area contributed by atoms with Crippen molar-refractivity contribution in [2.45, 2.75) is 41.0 Å². The standard InChI is InChI=1S/C43H28N2O.C8H9N.C6H6.C3H7N.C3H8/c1-27-10-9-17-42-43(27)36-26-31(20-23-41(36)46-42)45-38-16-8-6-14-33(38)35-25-29(19-22-40(35)45)28-18-21-39-34(24-28)32-13-5-7-15-37(32)44(39)30-11-3-2-4-12-30;1-7(9)8-5-3-2-4-6-8;1-2-4-6-5-3-1;1-3(2)4;1-3-2/h2-26H,1H3;2-6H,1,9H2;1-6H;4H,1-2H3;3H2,1-2H3. The molecule has 0 aliphatic carbocycles. The van der Waals surface area contributed by atoms with Gasteiger partial charge < -0.3 is 24.7 Å². The van der Waals surface area contributed by atoms with Gasteiger partial charge in [0.25, 0.3) is 0 Å². The molecule has 336 valence electrons. The Labute approximate surface area is 399 Å². The Morgan fingerprint density at radius 3 is 1.41 bits per heavy atom. The number of nitrogens with two attached hydrogens (primary N) is 1. The molecule has 0 saturated heterocycles. The van der Waals surface area contributed by atoms with Gasteiger partial charge in [-0.05, 0) is 116 Å². The second-order valence-corrected chi connectivity index (χ2v) is 17.0. The van der Waals surface area contributed by atoms with Crippen LogP contribution in [0.25, 0.3) is 93.7 Å². The van der Waals surface area contributed by atoms with E-state index in [4.69, 9.17) is 15.6 Å². The highest BCUT2D eigenvalue weighted by Crippen LogP contribution is 2.39. The maximum Gasteiger partial charge on any atom is 0.135 e. The van der Waals surface area contributed by atoms with Gasteiger partial charge in [-0.1, -0.05) is 172 Å². The van der Waals surface area contributed by atoms with Crippen molar-refractivity contribution < 1.29 is 4.42 Å². The number of benzene rings is 9. The van der Waals surface area contributed by atoms with Crippen LogP contribution in [0.5, 0.6) is 0 Å². The van der Waals surface area contributed by atoms with Gasteiger partial charge in [0.05, 0.1) is 22.1 Å². The predicted molar refractivity (Wildman–Crippen MR) is 294 cm³/mol. The Morgan fingerprint density at radius 1 is 0.471 bits per heavy atom. The Kier molecular flexibility index (Phi) is 14.4. The van der Waals surface area contributed by atoms with E-state index in [0.29, 0.717) is 11.4 Å². The SMILES string of the molecule is C=C(N)c1ccccc1.CC(C)=N.CCC.Cc1cccc2oc3ccc(-n4c5ccccc5c5cc(-c6ccc7c(c6)c6ccccc6n7-c6ccccc6)ccc54)cc3c12.c1ccccc1. The summed E-state index contributed by atoms with van der Waals surface area (Å²) in [6, 6.07) is 76.4. The zero-order valence-electron chi connectivity index (χ0n) is 39.6. The van der Waals surface area contributed by atoms with Crippen LogP contribution >= 0.6 is 0 Å². The van der Waals surface area contributed by atoms with Crippen LogP contribution in [0.3, 0.4) is 0 Å². The summed E-state index contributed by atoms with van der Waals surface area (Å²) in [5.41, 5.74) is 20.3. The summed E-state index contributed by atoms with van der Waals surface area (Å²) < 4.78 is 11.0. The van der Waals surface area contributed by atoms with E-state index in [0.717, 1.165) is 27.8 Å². The largest absolute Gasteiger partial charge is 0.456 e. The quantitative estimate of drug-likeness (QED) is 0.173. The zero-order valence-corrected chi connectivity index (χ0v) is 39.6. The van der Waals surface area contributed by atoms with Crippen molar-refractivity contribution in [2.75, 3.05) is 0 Å². The highest BCUT2D eigenvalue weighted by molar-refractivity contribution is 6.13. The first-order valence-corrected chi connectivity index (χ1v) is 23.2. The number of rotatable bonds is 4. The summed E-state index contributed by atoms with van der Waals surface area (Å²) in [6.07, 6.45) is 1.25. The minimum atomic E-state index is 0.621. The van der Waals surface area contributed by atoms with Crippen molar-refractivity contribution in [2.24, 2.45) is 5.73 Å². The number of aromatic nitrogens is 2. The Bertz CT molecular complexity index is 3600. The van der Waals surface area contributed by atoms with Gasteiger partial charge in [-0.15, -0.1) is 0 Å². The van der Waals surface area contributed by atoms with Crippen molar-refractivity contribution in [3.05, 3.63) is 236 Å². The number of hydrogen-bond acceptors (Lipinski definition) is 3. The molecule has 3 N–H and O–H groups in total. The van der Waals surface area contributed by atoms with Gasteiger partial charge >= 0.3 is 0 Å². The molecule has 5 nitrogen and oxygen atoms in total. The molecular weight excluding hydrogens is 829 g/mol. The van der Waals surface area contributed by atoms with Gasteiger partial charge in [0.1, 0.15) is 11.2 Å². The van der Waals surface area contributed by atoms with Gasteiger partial charge in [0, 0.05) is 55.1 Å². The van der Waals surface area contributed by atoms with Crippen LogP contribution in [0.15, 0.2) is 229 Å². The minimum Gasteiger partial charge on any atom is -0.456 e. The third kappa shape index (κ3) is 9.89. The summed E-state index contributed by atoms with van der Waals surface area (Å²) in [6.45, 7) is 13.5. The van der Waals surface area contributed by atoms with E-state index in [1.807, 2.05) is 66.7 Å². The number of para-hydroxylation sites is 3. The van der Waals surface area contributed by atoms with Crippen LogP contribution < -0.4 is 5.73 Å². The lowest BCUT2D eigenvalue weighted by molar-refractivity contribution is 0.668. The second kappa shape index (κ2) is 21.3. The highest BCUT2D eigenvalue weighted by atomic mass is 16.3. The lowest BCUT2D eigenvalue weighted by atomic mass is 10.0. The Balaban J connectivity index is 0.000000236. The zero-order chi connectivity index (χ0) is 47.6. The van der Waals surface area contributed by atoms with E-state index >= 15 is 0 Å². The number of furan rings is 1. The molecule has 68 heavy (non-hydrogen) atoms. The molecular formula is C63H58N4O. The van der Waals surface area contributed by atoms with Crippen LogP contribution in [0.2, 0.25) is 0 Å². The molecule has 12 rings (SSSR count). The number of hydrogen-bond donors (Lipinski definition) is 2. The average molecular weight is 887 g/mol. The molecule has 0 spiro atoms. The fourth-order valence-electron chi connectivity index (χ4n) is 8.61. The van der Waals surface area contributed by atoms with E-state index in [9.17, 15) is 0 Å². The van der Waals surface area contributed by atoms with Crippen LogP contribution in [0.4, 0.5) is 0 Å². The van der Waals surface area contributed by atoms with Crippen LogP contribution in [0.1, 0.15) is 45.2 Å². The first-order valence-electron chi connectivity index (χ1n) is 23.2. The maximum absolute atomic E-state index is 6.50. The number of fused-ring (bicyclic) bond motifs is 9. The van der Waals surface area contributed by atoms with E-state index in [-0.39, 0.29) is 0 Å². The first-order chi connectivity index (χ1) is 33.2. The molecule has 0 atom stereocenters. The van der Waals surface area contributed by atoms with Gasteiger partial charge in [0.15, 0.2) is 0 Å². The molecule has 3 heterocycles. The number of aryl methyl sites for hydroxylation is 1. The maximum atomic E-state index is 6.50. The lowest BCUT2D eigenvalue weighted by Crippen LogP contribution is -1.93. The third-order valence-corrected chi connectivity index (χ3v) is 11.4. The summed E-state index contributed by atoms with van der Waals surface area (Å²) in [5, 5.41) is 13.8. The van der Waals surface area contributed by atoms with Gasteiger partial charge in [0.2, 0.25) is 0 Å². The summed E-state index contributed by atoms with van der Waals surface area (Å²) >= 11 is 0. The number of nitrogens with zero attached hydrogens (tertiary/aromatic N) is 2. The summed E-state index contributed by atoms with van der Waals surface area (Å²) in [4.78, 5) is 0. The fraction of sp³-hybridized carbons (Fsp3) is 0.0952.